The smallest absolute Gasteiger partial charge is 0.354 e. The van der Waals surface area contributed by atoms with Crippen molar-refractivity contribution in [3.8, 4) is 0 Å². The fourth-order valence-corrected chi connectivity index (χ4v) is 1.91. The summed E-state index contributed by atoms with van der Waals surface area (Å²) in [4.78, 5) is 14.9. The summed E-state index contributed by atoms with van der Waals surface area (Å²) in [7, 11) is 0. The topological polar surface area (TPSA) is 62.2 Å². The lowest BCUT2D eigenvalue weighted by Crippen LogP contribution is -2.36. The monoisotopic (exact) mass is 236 g/mol. The second-order valence-electron chi connectivity index (χ2n) is 4.18. The molecule has 0 amide bonds. The van der Waals surface area contributed by atoms with Gasteiger partial charge < -0.3 is 10.4 Å². The standard InChI is InChI=1S/C13H20N2O2/c1-4-13(5-2,6-3)15-11-9-7-8-10(14-11)12(16)17/h7-9H,4-6H2,1-3H3,(H,14,15)(H,16,17). The molecule has 4 nitrogen and oxygen atoms in total. The molecule has 0 spiro atoms. The molecule has 0 atom stereocenters. The van der Waals surface area contributed by atoms with Crippen LogP contribution in [-0.2, 0) is 0 Å². The van der Waals surface area contributed by atoms with Crippen LogP contribution in [0.25, 0.3) is 0 Å². The number of carbonyl (C=O) groups is 1. The van der Waals surface area contributed by atoms with E-state index in [4.69, 9.17) is 5.11 Å². The minimum absolute atomic E-state index is 0.00409. The van der Waals surface area contributed by atoms with E-state index in [2.05, 4.69) is 31.1 Å². The molecule has 2 N–H and O–H groups in total. The second-order valence-corrected chi connectivity index (χ2v) is 4.18. The molecule has 0 saturated carbocycles. The van der Waals surface area contributed by atoms with Gasteiger partial charge in [0, 0.05) is 5.54 Å². The third-order valence-electron chi connectivity index (χ3n) is 3.39. The first kappa shape index (κ1) is 13.5. The van der Waals surface area contributed by atoms with E-state index < -0.39 is 5.97 Å². The van der Waals surface area contributed by atoms with Crippen LogP contribution in [0.1, 0.15) is 50.5 Å². The van der Waals surface area contributed by atoms with Gasteiger partial charge in [0.15, 0.2) is 5.69 Å². The van der Waals surface area contributed by atoms with E-state index in [1.165, 1.54) is 6.07 Å². The Morgan fingerprint density at radius 1 is 1.29 bits per heavy atom. The summed E-state index contributed by atoms with van der Waals surface area (Å²) in [6.45, 7) is 6.38. The Kier molecular flexibility index (Phi) is 4.49. The highest BCUT2D eigenvalue weighted by Crippen LogP contribution is 2.24. The molecular formula is C13H20N2O2. The third-order valence-corrected chi connectivity index (χ3v) is 3.39. The predicted octanol–water partition coefficient (Wildman–Crippen LogP) is 3.16. The Hall–Kier alpha value is -1.58. The van der Waals surface area contributed by atoms with Gasteiger partial charge in [-0.1, -0.05) is 26.8 Å². The number of aromatic nitrogens is 1. The highest BCUT2D eigenvalue weighted by Gasteiger charge is 2.23. The van der Waals surface area contributed by atoms with Gasteiger partial charge in [-0.05, 0) is 31.4 Å². The van der Waals surface area contributed by atoms with Crippen LogP contribution in [0.3, 0.4) is 0 Å². The van der Waals surface area contributed by atoms with Crippen LogP contribution in [0.5, 0.6) is 0 Å². The van der Waals surface area contributed by atoms with E-state index in [1.54, 1.807) is 6.07 Å². The summed E-state index contributed by atoms with van der Waals surface area (Å²) in [5.74, 6) is -0.362. The lowest BCUT2D eigenvalue weighted by Gasteiger charge is -2.32. The normalized spacial score (nSPS) is 11.2. The highest BCUT2D eigenvalue weighted by molar-refractivity contribution is 5.85. The summed E-state index contributed by atoms with van der Waals surface area (Å²) in [6.07, 6.45) is 2.96. The van der Waals surface area contributed by atoms with Crippen molar-refractivity contribution in [2.24, 2.45) is 0 Å². The molecule has 0 unspecified atom stereocenters. The van der Waals surface area contributed by atoms with Crippen molar-refractivity contribution < 1.29 is 9.90 Å². The van der Waals surface area contributed by atoms with Crippen molar-refractivity contribution in [1.29, 1.82) is 0 Å². The lowest BCUT2D eigenvalue weighted by molar-refractivity contribution is 0.0690. The highest BCUT2D eigenvalue weighted by atomic mass is 16.4. The molecule has 0 saturated heterocycles. The molecule has 0 radical (unpaired) electrons. The van der Waals surface area contributed by atoms with Gasteiger partial charge in [0.05, 0.1) is 0 Å². The SMILES string of the molecule is CCC(CC)(CC)Nc1cccc(C(=O)O)n1. The van der Waals surface area contributed by atoms with Gasteiger partial charge >= 0.3 is 5.97 Å². The molecule has 1 aromatic rings. The predicted molar refractivity (Wildman–Crippen MR) is 68.4 cm³/mol. The minimum atomic E-state index is -0.997. The number of nitrogens with zero attached hydrogens (tertiary/aromatic N) is 1. The average molecular weight is 236 g/mol. The Bertz CT molecular complexity index is 378. The molecule has 1 aromatic heterocycles. The maximum Gasteiger partial charge on any atom is 0.354 e. The van der Waals surface area contributed by atoms with Crippen molar-refractivity contribution in [3.05, 3.63) is 23.9 Å². The maximum atomic E-state index is 10.8. The number of hydrogen-bond donors (Lipinski definition) is 2. The number of anilines is 1. The third kappa shape index (κ3) is 3.19. The van der Waals surface area contributed by atoms with Crippen LogP contribution in [0.15, 0.2) is 18.2 Å². The molecule has 0 bridgehead atoms. The summed E-state index contributed by atoms with van der Waals surface area (Å²) >= 11 is 0. The van der Waals surface area contributed by atoms with Crippen LogP contribution in [-0.4, -0.2) is 21.6 Å². The molecule has 4 heteroatoms. The zero-order chi connectivity index (χ0) is 12.9. The Morgan fingerprint density at radius 3 is 2.35 bits per heavy atom. The average Bonchev–Trinajstić information content (AvgIpc) is 2.36. The number of nitrogens with one attached hydrogen (secondary N) is 1. The summed E-state index contributed by atoms with van der Waals surface area (Å²) in [5.41, 5.74) is 0.0802. The zero-order valence-electron chi connectivity index (χ0n) is 10.7. The van der Waals surface area contributed by atoms with Gasteiger partial charge in [-0.3, -0.25) is 0 Å². The van der Waals surface area contributed by atoms with Gasteiger partial charge in [0.2, 0.25) is 0 Å². The van der Waals surface area contributed by atoms with Crippen LogP contribution >= 0.6 is 0 Å². The van der Waals surface area contributed by atoms with Crippen molar-refractivity contribution in [3.63, 3.8) is 0 Å². The molecule has 1 heterocycles. The molecule has 94 valence electrons. The van der Waals surface area contributed by atoms with E-state index in [-0.39, 0.29) is 11.2 Å². The molecule has 0 fully saturated rings. The van der Waals surface area contributed by atoms with Crippen LogP contribution < -0.4 is 5.32 Å². The summed E-state index contributed by atoms with van der Waals surface area (Å²) in [6, 6.07) is 5.02. The van der Waals surface area contributed by atoms with Crippen molar-refractivity contribution in [1.82, 2.24) is 4.98 Å². The number of rotatable bonds is 6. The fraction of sp³-hybridized carbons (Fsp3) is 0.538. The molecule has 0 aliphatic rings. The largest absolute Gasteiger partial charge is 0.477 e. The molecular weight excluding hydrogens is 216 g/mol. The Balaban J connectivity index is 2.93. The molecule has 0 aromatic carbocycles. The van der Waals surface area contributed by atoms with E-state index in [1.807, 2.05) is 6.07 Å². The molecule has 17 heavy (non-hydrogen) atoms. The number of carboxylic acids is 1. The summed E-state index contributed by atoms with van der Waals surface area (Å²) < 4.78 is 0. The fourth-order valence-electron chi connectivity index (χ4n) is 1.91. The number of carboxylic acid groups (broad SMARTS) is 1. The van der Waals surface area contributed by atoms with E-state index in [0.29, 0.717) is 5.82 Å². The van der Waals surface area contributed by atoms with Crippen molar-refractivity contribution in [2.45, 2.75) is 45.6 Å². The number of pyridine rings is 1. The van der Waals surface area contributed by atoms with E-state index in [9.17, 15) is 4.79 Å². The van der Waals surface area contributed by atoms with Crippen LogP contribution in [0.4, 0.5) is 5.82 Å². The van der Waals surface area contributed by atoms with Crippen LogP contribution in [0, 0.1) is 0 Å². The summed E-state index contributed by atoms with van der Waals surface area (Å²) in [5, 5.41) is 12.3. The first-order chi connectivity index (χ1) is 8.06. The van der Waals surface area contributed by atoms with Gasteiger partial charge in [0.25, 0.3) is 0 Å². The van der Waals surface area contributed by atoms with Gasteiger partial charge in [-0.25, -0.2) is 9.78 Å². The van der Waals surface area contributed by atoms with Crippen LogP contribution in [0.2, 0.25) is 0 Å². The molecule has 0 aliphatic carbocycles. The van der Waals surface area contributed by atoms with Gasteiger partial charge in [-0.15, -0.1) is 0 Å². The number of aromatic carboxylic acids is 1. The zero-order valence-corrected chi connectivity index (χ0v) is 10.7. The second kappa shape index (κ2) is 5.66. The minimum Gasteiger partial charge on any atom is -0.477 e. The van der Waals surface area contributed by atoms with E-state index in [0.717, 1.165) is 19.3 Å². The lowest BCUT2D eigenvalue weighted by atomic mass is 9.90. The van der Waals surface area contributed by atoms with Crippen molar-refractivity contribution in [2.75, 3.05) is 5.32 Å². The molecule has 0 aliphatic heterocycles. The first-order valence-electron chi connectivity index (χ1n) is 6.05. The first-order valence-corrected chi connectivity index (χ1v) is 6.05. The Morgan fingerprint density at radius 2 is 1.88 bits per heavy atom. The van der Waals surface area contributed by atoms with E-state index >= 15 is 0 Å². The van der Waals surface area contributed by atoms with Gasteiger partial charge in [-0.2, -0.15) is 0 Å². The maximum absolute atomic E-state index is 10.8. The molecule has 1 rings (SSSR count). The van der Waals surface area contributed by atoms with Gasteiger partial charge in [0.1, 0.15) is 5.82 Å². The number of hydrogen-bond acceptors (Lipinski definition) is 3. The van der Waals surface area contributed by atoms with Crippen molar-refractivity contribution >= 4 is 11.8 Å². The Labute approximate surface area is 102 Å². The quantitative estimate of drug-likeness (QED) is 0.796.